The zero-order valence-electron chi connectivity index (χ0n) is 16.4. The molecule has 1 unspecified atom stereocenters. The van der Waals surface area contributed by atoms with Crippen LogP contribution in [0.1, 0.15) is 19.4 Å². The number of nitrogens with zero attached hydrogens (tertiary/aromatic N) is 3. The Labute approximate surface area is 176 Å². The number of methoxy groups -OCH3 is 1. The molecule has 1 aromatic carbocycles. The van der Waals surface area contributed by atoms with Gasteiger partial charge in [-0.2, -0.15) is 0 Å². The maximum absolute atomic E-state index is 11.6. The minimum Gasteiger partial charge on any atom is -0.497 e. The number of nitro groups is 1. The predicted molar refractivity (Wildman–Crippen MR) is 111 cm³/mol. The Morgan fingerprint density at radius 2 is 2.07 bits per heavy atom. The number of hydrogen-bond donors (Lipinski definition) is 3. The first kappa shape index (κ1) is 22.7. The Bertz CT molecular complexity index is 951. The van der Waals surface area contributed by atoms with Gasteiger partial charge in [-0.3, -0.25) is 15.4 Å². The van der Waals surface area contributed by atoms with Crippen molar-refractivity contribution in [2.45, 2.75) is 19.9 Å². The molecule has 1 heterocycles. The van der Waals surface area contributed by atoms with Crippen LogP contribution in [0.25, 0.3) is 0 Å². The van der Waals surface area contributed by atoms with Gasteiger partial charge >= 0.3 is 11.8 Å². The number of rotatable bonds is 8. The molecule has 0 saturated heterocycles. The summed E-state index contributed by atoms with van der Waals surface area (Å²) in [5, 5.41) is 29.1. The molecule has 160 valence electrons. The fraction of sp³-hybridized carbons (Fsp3) is 0.278. The average molecular weight is 438 g/mol. The number of nitrogens with one attached hydrogen (secondary N) is 2. The SMILES string of the molecule is CCOC(=O)Nc1cc(NC(C)/C(=N/O)c2ccc(OC)cc2)c([N+](=O)[O-])c(Cl)n1. The van der Waals surface area contributed by atoms with Gasteiger partial charge in [0.25, 0.3) is 0 Å². The van der Waals surface area contributed by atoms with Gasteiger partial charge in [-0.05, 0) is 38.1 Å². The van der Waals surface area contributed by atoms with E-state index in [1.54, 1.807) is 38.1 Å². The number of carbonyl (C=O) groups is 1. The number of amides is 1. The first-order valence-corrected chi connectivity index (χ1v) is 9.10. The zero-order chi connectivity index (χ0) is 22.3. The van der Waals surface area contributed by atoms with Gasteiger partial charge in [0.15, 0.2) is 0 Å². The second-order valence-corrected chi connectivity index (χ2v) is 6.23. The lowest BCUT2D eigenvalue weighted by atomic mass is 10.0. The quantitative estimate of drug-likeness (QED) is 0.185. The number of hydrogen-bond acceptors (Lipinski definition) is 9. The van der Waals surface area contributed by atoms with Crippen molar-refractivity contribution in [1.82, 2.24) is 4.98 Å². The summed E-state index contributed by atoms with van der Waals surface area (Å²) in [5.74, 6) is 0.563. The van der Waals surface area contributed by atoms with E-state index in [2.05, 4.69) is 20.8 Å². The second kappa shape index (κ2) is 10.3. The average Bonchev–Trinajstić information content (AvgIpc) is 2.68. The van der Waals surface area contributed by atoms with E-state index in [1.165, 1.54) is 13.2 Å². The third-order valence-electron chi connectivity index (χ3n) is 3.91. The molecule has 1 atom stereocenters. The fourth-order valence-electron chi connectivity index (χ4n) is 2.58. The minimum absolute atomic E-state index is 0.0334. The van der Waals surface area contributed by atoms with Gasteiger partial charge in [0.05, 0.1) is 24.7 Å². The van der Waals surface area contributed by atoms with E-state index >= 15 is 0 Å². The smallest absolute Gasteiger partial charge is 0.412 e. The fourth-order valence-corrected chi connectivity index (χ4v) is 2.85. The third-order valence-corrected chi connectivity index (χ3v) is 4.18. The molecule has 0 spiro atoms. The summed E-state index contributed by atoms with van der Waals surface area (Å²) in [7, 11) is 1.52. The van der Waals surface area contributed by atoms with Crippen LogP contribution < -0.4 is 15.4 Å². The van der Waals surface area contributed by atoms with Crippen LogP contribution in [0.5, 0.6) is 5.75 Å². The van der Waals surface area contributed by atoms with Crippen LogP contribution in [0.3, 0.4) is 0 Å². The summed E-state index contributed by atoms with van der Waals surface area (Å²) in [5.41, 5.74) is 0.240. The van der Waals surface area contributed by atoms with E-state index < -0.39 is 27.9 Å². The van der Waals surface area contributed by atoms with Crippen LogP contribution in [0, 0.1) is 10.1 Å². The number of halogens is 1. The van der Waals surface area contributed by atoms with Crippen molar-refractivity contribution in [3.05, 3.63) is 51.2 Å². The van der Waals surface area contributed by atoms with Crippen LogP contribution >= 0.6 is 11.6 Å². The highest BCUT2D eigenvalue weighted by molar-refractivity contribution is 6.32. The molecule has 0 aliphatic carbocycles. The van der Waals surface area contributed by atoms with Gasteiger partial charge in [-0.1, -0.05) is 16.8 Å². The second-order valence-electron chi connectivity index (χ2n) is 5.88. The number of anilines is 2. The number of benzene rings is 1. The Morgan fingerprint density at radius 1 is 1.40 bits per heavy atom. The molecule has 1 aromatic heterocycles. The normalized spacial score (nSPS) is 12.1. The molecular weight excluding hydrogens is 418 g/mol. The van der Waals surface area contributed by atoms with Crippen LogP contribution in [-0.4, -0.2) is 46.7 Å². The highest BCUT2D eigenvalue weighted by Crippen LogP contribution is 2.34. The van der Waals surface area contributed by atoms with E-state index in [1.807, 2.05) is 0 Å². The lowest BCUT2D eigenvalue weighted by Crippen LogP contribution is -2.28. The Morgan fingerprint density at radius 3 is 2.60 bits per heavy atom. The van der Waals surface area contributed by atoms with Crippen molar-refractivity contribution in [3.8, 4) is 5.75 Å². The molecule has 0 bridgehead atoms. The van der Waals surface area contributed by atoms with Gasteiger partial charge in [0.1, 0.15) is 23.0 Å². The lowest BCUT2D eigenvalue weighted by Gasteiger charge is -2.18. The summed E-state index contributed by atoms with van der Waals surface area (Å²) >= 11 is 5.96. The number of carbonyl (C=O) groups excluding carboxylic acids is 1. The zero-order valence-corrected chi connectivity index (χ0v) is 17.1. The first-order valence-electron chi connectivity index (χ1n) is 8.72. The minimum atomic E-state index is -0.787. The molecule has 0 saturated carbocycles. The monoisotopic (exact) mass is 437 g/mol. The molecule has 12 heteroatoms. The van der Waals surface area contributed by atoms with Gasteiger partial charge in [0.2, 0.25) is 5.15 Å². The van der Waals surface area contributed by atoms with E-state index in [0.717, 1.165) is 0 Å². The van der Waals surface area contributed by atoms with Crippen LogP contribution in [0.15, 0.2) is 35.5 Å². The Hall–Kier alpha value is -3.60. The molecule has 2 aromatic rings. The maximum Gasteiger partial charge on any atom is 0.412 e. The molecule has 2 rings (SSSR count). The summed E-state index contributed by atoms with van der Waals surface area (Å²) in [4.78, 5) is 26.2. The van der Waals surface area contributed by atoms with Crippen molar-refractivity contribution in [2.75, 3.05) is 24.4 Å². The van der Waals surface area contributed by atoms with Crippen molar-refractivity contribution >= 4 is 40.6 Å². The van der Waals surface area contributed by atoms with Gasteiger partial charge in [0, 0.05) is 11.6 Å². The highest BCUT2D eigenvalue weighted by atomic mass is 35.5. The molecule has 1 amide bonds. The largest absolute Gasteiger partial charge is 0.497 e. The molecule has 0 aliphatic rings. The van der Waals surface area contributed by atoms with Crippen molar-refractivity contribution in [1.29, 1.82) is 0 Å². The van der Waals surface area contributed by atoms with Gasteiger partial charge in [-0.15, -0.1) is 0 Å². The van der Waals surface area contributed by atoms with Crippen LogP contribution in [0.2, 0.25) is 5.15 Å². The van der Waals surface area contributed by atoms with Crippen LogP contribution in [0.4, 0.5) is 22.0 Å². The Balaban J connectivity index is 2.36. The van der Waals surface area contributed by atoms with Crippen LogP contribution in [-0.2, 0) is 4.74 Å². The Kier molecular flexibility index (Phi) is 7.76. The molecule has 30 heavy (non-hydrogen) atoms. The van der Waals surface area contributed by atoms with E-state index in [-0.39, 0.29) is 23.8 Å². The van der Waals surface area contributed by atoms with E-state index in [0.29, 0.717) is 11.3 Å². The van der Waals surface area contributed by atoms with Crippen molar-refractivity contribution < 1.29 is 24.4 Å². The molecule has 0 radical (unpaired) electrons. The number of aromatic nitrogens is 1. The topological polar surface area (TPSA) is 148 Å². The van der Waals surface area contributed by atoms with Crippen molar-refractivity contribution in [2.24, 2.45) is 5.16 Å². The highest BCUT2D eigenvalue weighted by Gasteiger charge is 2.25. The molecule has 11 nitrogen and oxygen atoms in total. The summed E-state index contributed by atoms with van der Waals surface area (Å²) in [6.45, 7) is 3.39. The summed E-state index contributed by atoms with van der Waals surface area (Å²) in [6.07, 6.45) is -0.787. The van der Waals surface area contributed by atoms with E-state index in [9.17, 15) is 20.1 Å². The van der Waals surface area contributed by atoms with Crippen molar-refractivity contribution in [3.63, 3.8) is 0 Å². The standard InChI is InChI=1S/C18H20ClN5O6/c1-4-30-18(25)22-14-9-13(16(24(27)28)17(19)21-14)20-10(2)15(23-26)11-5-7-12(29-3)8-6-11/h5-10,26H,4H2,1-3H3,(H2,20,21,22,25)/b23-15-. The molecular formula is C18H20ClN5O6. The molecule has 0 aliphatic heterocycles. The molecule has 3 N–H and O–H groups in total. The maximum atomic E-state index is 11.6. The predicted octanol–water partition coefficient (Wildman–Crippen LogP) is 3.90. The summed E-state index contributed by atoms with van der Waals surface area (Å²) < 4.78 is 9.86. The number of ether oxygens (including phenoxy) is 2. The van der Waals surface area contributed by atoms with Gasteiger partial charge in [-0.25, -0.2) is 9.78 Å². The molecule has 0 fully saturated rings. The number of oxime groups is 1. The lowest BCUT2D eigenvalue weighted by molar-refractivity contribution is -0.384. The number of pyridine rings is 1. The van der Waals surface area contributed by atoms with Gasteiger partial charge < -0.3 is 20.0 Å². The van der Waals surface area contributed by atoms with E-state index in [4.69, 9.17) is 21.1 Å². The third kappa shape index (κ3) is 5.47. The first-order chi connectivity index (χ1) is 14.3. The summed E-state index contributed by atoms with van der Waals surface area (Å²) in [6, 6.07) is 7.26.